The van der Waals surface area contributed by atoms with Crippen molar-refractivity contribution in [2.24, 2.45) is 0 Å². The van der Waals surface area contributed by atoms with Gasteiger partial charge >= 0.3 is 6.18 Å². The molecule has 2 rings (SSSR count). The van der Waals surface area contributed by atoms with Crippen LogP contribution in [0.3, 0.4) is 0 Å². The number of nitrogens with one attached hydrogen (secondary N) is 3. The number of halogens is 3. The molecule has 19 heavy (non-hydrogen) atoms. The maximum atomic E-state index is 12.6. The van der Waals surface area contributed by atoms with Gasteiger partial charge in [0.25, 0.3) is 0 Å². The average molecular weight is 275 g/mol. The Kier molecular flexibility index (Phi) is 3.45. The Hall–Kier alpha value is -2.06. The number of anilines is 2. The van der Waals surface area contributed by atoms with E-state index in [9.17, 15) is 18.0 Å². The van der Waals surface area contributed by atoms with Crippen LogP contribution in [0.2, 0.25) is 0 Å². The van der Waals surface area contributed by atoms with Gasteiger partial charge in [0.2, 0.25) is 11.9 Å². The van der Waals surface area contributed by atoms with Crippen LogP contribution in [-0.4, -0.2) is 35.5 Å². The third-order valence-electron chi connectivity index (χ3n) is 2.57. The van der Waals surface area contributed by atoms with Crippen LogP contribution >= 0.6 is 0 Å². The second-order valence-electron chi connectivity index (χ2n) is 4.06. The van der Waals surface area contributed by atoms with Crippen molar-refractivity contribution in [3.05, 3.63) is 11.8 Å². The third-order valence-corrected chi connectivity index (χ3v) is 2.57. The number of hydrogen-bond acceptors (Lipinski definition) is 5. The maximum absolute atomic E-state index is 12.6. The van der Waals surface area contributed by atoms with Gasteiger partial charge in [-0.3, -0.25) is 4.79 Å². The van der Waals surface area contributed by atoms with Crippen molar-refractivity contribution in [3.8, 4) is 0 Å². The van der Waals surface area contributed by atoms with Crippen LogP contribution in [0.15, 0.2) is 6.07 Å². The summed E-state index contributed by atoms with van der Waals surface area (Å²) in [5.41, 5.74) is -1.04. The number of aromatic nitrogens is 2. The first kappa shape index (κ1) is 13.4. The lowest BCUT2D eigenvalue weighted by Gasteiger charge is -2.14. The van der Waals surface area contributed by atoms with Crippen molar-refractivity contribution < 1.29 is 18.0 Å². The molecule has 3 N–H and O–H groups in total. The van der Waals surface area contributed by atoms with Crippen molar-refractivity contribution in [2.45, 2.75) is 18.6 Å². The number of hydrogen-bond donors (Lipinski definition) is 3. The predicted molar refractivity (Wildman–Crippen MR) is 61.6 cm³/mol. The number of nitrogens with zero attached hydrogens (tertiary/aromatic N) is 2. The summed E-state index contributed by atoms with van der Waals surface area (Å²) < 4.78 is 37.9. The SMILES string of the molecule is CNc1nc(NC2CNC(=O)C2)cc(C(F)(F)F)n1. The first-order valence-corrected chi connectivity index (χ1v) is 5.56. The molecule has 0 bridgehead atoms. The molecule has 1 unspecified atom stereocenters. The molecule has 1 saturated heterocycles. The molecule has 0 aliphatic carbocycles. The second kappa shape index (κ2) is 4.90. The fourth-order valence-electron chi connectivity index (χ4n) is 1.69. The number of rotatable bonds is 3. The van der Waals surface area contributed by atoms with Gasteiger partial charge in [0.05, 0.1) is 6.04 Å². The minimum absolute atomic E-state index is 0.0353. The maximum Gasteiger partial charge on any atom is 0.433 e. The highest BCUT2D eigenvalue weighted by Gasteiger charge is 2.34. The summed E-state index contributed by atoms with van der Waals surface area (Å²) in [7, 11) is 1.43. The van der Waals surface area contributed by atoms with E-state index in [0.29, 0.717) is 6.54 Å². The monoisotopic (exact) mass is 275 g/mol. The van der Waals surface area contributed by atoms with E-state index in [-0.39, 0.29) is 30.1 Å². The highest BCUT2D eigenvalue weighted by molar-refractivity contribution is 5.79. The van der Waals surface area contributed by atoms with Gasteiger partial charge in [-0.25, -0.2) is 4.98 Å². The van der Waals surface area contributed by atoms with Crippen LogP contribution in [-0.2, 0) is 11.0 Å². The fourth-order valence-corrected chi connectivity index (χ4v) is 1.69. The number of amides is 1. The Bertz CT molecular complexity index is 491. The molecule has 1 amide bonds. The van der Waals surface area contributed by atoms with Crippen LogP contribution in [0.25, 0.3) is 0 Å². The Morgan fingerprint density at radius 2 is 2.16 bits per heavy atom. The van der Waals surface area contributed by atoms with Gasteiger partial charge in [-0.15, -0.1) is 0 Å². The molecule has 1 aliphatic rings. The summed E-state index contributed by atoms with van der Waals surface area (Å²) in [5.74, 6) is -0.237. The first-order valence-electron chi connectivity index (χ1n) is 5.56. The van der Waals surface area contributed by atoms with Crippen LogP contribution in [0.4, 0.5) is 24.9 Å². The molecule has 0 aromatic carbocycles. The topological polar surface area (TPSA) is 78.9 Å². The summed E-state index contributed by atoms with van der Waals surface area (Å²) in [5, 5.41) is 7.83. The van der Waals surface area contributed by atoms with Gasteiger partial charge < -0.3 is 16.0 Å². The van der Waals surface area contributed by atoms with E-state index in [1.807, 2.05) is 0 Å². The minimum Gasteiger partial charge on any atom is -0.365 e. The van der Waals surface area contributed by atoms with Gasteiger partial charge in [0.15, 0.2) is 5.69 Å². The summed E-state index contributed by atoms with van der Waals surface area (Å²) in [6, 6.07) is 0.553. The van der Waals surface area contributed by atoms with E-state index in [4.69, 9.17) is 0 Å². The Morgan fingerprint density at radius 3 is 2.68 bits per heavy atom. The Labute approximate surface area is 106 Å². The van der Waals surface area contributed by atoms with E-state index >= 15 is 0 Å². The summed E-state index contributed by atoms with van der Waals surface area (Å²) in [4.78, 5) is 18.2. The molecule has 6 nitrogen and oxygen atoms in total. The van der Waals surface area contributed by atoms with Gasteiger partial charge in [-0.1, -0.05) is 0 Å². The summed E-state index contributed by atoms with van der Waals surface area (Å²) >= 11 is 0. The minimum atomic E-state index is -4.55. The Morgan fingerprint density at radius 1 is 1.42 bits per heavy atom. The molecule has 2 heterocycles. The zero-order valence-electron chi connectivity index (χ0n) is 10.0. The molecule has 1 aromatic rings. The van der Waals surface area contributed by atoms with Crippen LogP contribution in [0.5, 0.6) is 0 Å². The Balaban J connectivity index is 2.22. The van der Waals surface area contributed by atoms with E-state index < -0.39 is 11.9 Å². The molecule has 1 aromatic heterocycles. The zero-order valence-corrected chi connectivity index (χ0v) is 10.0. The molecule has 0 spiro atoms. The molecule has 1 fully saturated rings. The molecule has 1 atom stereocenters. The molecule has 0 saturated carbocycles. The van der Waals surface area contributed by atoms with Crippen molar-refractivity contribution >= 4 is 17.7 Å². The molecular weight excluding hydrogens is 263 g/mol. The first-order chi connectivity index (χ1) is 8.88. The van der Waals surface area contributed by atoms with Gasteiger partial charge in [-0.05, 0) is 0 Å². The van der Waals surface area contributed by atoms with Crippen molar-refractivity contribution in [3.63, 3.8) is 0 Å². The highest BCUT2D eigenvalue weighted by atomic mass is 19.4. The molecule has 0 radical (unpaired) electrons. The summed E-state index contributed by atoms with van der Waals surface area (Å²) in [6.45, 7) is 0.360. The van der Waals surface area contributed by atoms with E-state index in [0.717, 1.165) is 6.07 Å². The lowest BCUT2D eigenvalue weighted by Crippen LogP contribution is -2.23. The zero-order chi connectivity index (χ0) is 14.0. The predicted octanol–water partition coefficient (Wildman–Crippen LogP) is 0.837. The highest BCUT2D eigenvalue weighted by Crippen LogP contribution is 2.29. The van der Waals surface area contributed by atoms with E-state index in [1.165, 1.54) is 7.05 Å². The second-order valence-corrected chi connectivity index (χ2v) is 4.06. The van der Waals surface area contributed by atoms with Crippen LogP contribution in [0.1, 0.15) is 12.1 Å². The summed E-state index contributed by atoms with van der Waals surface area (Å²) in [6.07, 6.45) is -4.34. The standard InChI is InChI=1S/C10H12F3N5O/c1-14-9-17-6(10(11,12)13)3-7(18-9)16-5-2-8(19)15-4-5/h3,5H,2,4H2,1H3,(H,15,19)(H2,14,16,17,18). The van der Waals surface area contributed by atoms with Crippen molar-refractivity contribution in [1.29, 1.82) is 0 Å². The van der Waals surface area contributed by atoms with Gasteiger partial charge in [-0.2, -0.15) is 18.2 Å². The van der Waals surface area contributed by atoms with Crippen LogP contribution < -0.4 is 16.0 Å². The lowest BCUT2D eigenvalue weighted by molar-refractivity contribution is -0.141. The third kappa shape index (κ3) is 3.24. The van der Waals surface area contributed by atoms with Gasteiger partial charge in [0, 0.05) is 26.1 Å². The van der Waals surface area contributed by atoms with Crippen molar-refractivity contribution in [1.82, 2.24) is 15.3 Å². The number of carbonyl (C=O) groups is 1. The lowest BCUT2D eigenvalue weighted by atomic mass is 10.2. The largest absolute Gasteiger partial charge is 0.433 e. The fraction of sp³-hybridized carbons (Fsp3) is 0.500. The average Bonchev–Trinajstić information content (AvgIpc) is 2.73. The molecule has 104 valence electrons. The quantitative estimate of drug-likeness (QED) is 0.761. The van der Waals surface area contributed by atoms with E-state index in [1.54, 1.807) is 0 Å². The normalized spacial score (nSPS) is 19.2. The molecule has 9 heteroatoms. The van der Waals surface area contributed by atoms with E-state index in [2.05, 4.69) is 25.9 Å². The van der Waals surface area contributed by atoms with Crippen LogP contribution in [0, 0.1) is 0 Å². The number of carbonyl (C=O) groups excluding carboxylic acids is 1. The number of alkyl halides is 3. The smallest absolute Gasteiger partial charge is 0.365 e. The molecule has 1 aliphatic heterocycles. The van der Waals surface area contributed by atoms with Crippen molar-refractivity contribution in [2.75, 3.05) is 24.2 Å². The molecular formula is C10H12F3N5O. The van der Waals surface area contributed by atoms with Gasteiger partial charge in [0.1, 0.15) is 5.82 Å².